The van der Waals surface area contributed by atoms with Gasteiger partial charge in [0.1, 0.15) is 5.78 Å². The molecule has 0 radical (unpaired) electrons. The van der Waals surface area contributed by atoms with Crippen LogP contribution < -0.4 is 0 Å². The van der Waals surface area contributed by atoms with E-state index in [1.165, 1.54) is 17.4 Å². The summed E-state index contributed by atoms with van der Waals surface area (Å²) in [6.45, 7) is 0. The molecule has 1 aromatic heterocycles. The predicted molar refractivity (Wildman–Crippen MR) is 113 cm³/mol. The van der Waals surface area contributed by atoms with Crippen molar-refractivity contribution in [1.29, 1.82) is 0 Å². The third-order valence-electron chi connectivity index (χ3n) is 5.20. The van der Waals surface area contributed by atoms with Crippen molar-refractivity contribution >= 4 is 39.0 Å². The van der Waals surface area contributed by atoms with E-state index in [1.54, 1.807) is 6.08 Å². The van der Waals surface area contributed by atoms with Crippen LogP contribution >= 0.6 is 11.3 Å². The number of aliphatic carboxylic acids is 1. The van der Waals surface area contributed by atoms with Gasteiger partial charge in [0.2, 0.25) is 0 Å². The number of fused-ring (bicyclic) bond motifs is 1. The number of aliphatic hydroxyl groups is 1. The molecule has 1 saturated carbocycles. The number of carbonyl (C=O) groups excluding carboxylic acids is 2. The first-order chi connectivity index (χ1) is 14.0. The Labute approximate surface area is 173 Å². The van der Waals surface area contributed by atoms with Gasteiger partial charge in [0, 0.05) is 29.4 Å². The number of aliphatic hydroxyl groups excluding tert-OH is 1. The highest BCUT2D eigenvalue weighted by Crippen LogP contribution is 2.34. The third kappa shape index (κ3) is 5.49. The van der Waals surface area contributed by atoms with Crippen molar-refractivity contribution < 1.29 is 24.6 Å². The number of benzene rings is 1. The molecule has 1 aliphatic carbocycles. The highest BCUT2D eigenvalue weighted by molar-refractivity contribution is 7.21. The zero-order valence-corrected chi connectivity index (χ0v) is 16.8. The minimum Gasteiger partial charge on any atom is -0.481 e. The number of ketones is 2. The minimum atomic E-state index is -0.816. The standard InChI is InChI=1S/C23H24O5S/c24-18(22-13-15-7-5-6-9-21(15)29-22)12-11-17-16(19(25)14-20(17)26)8-3-1-2-4-10-23(27)28/h1,3,5-7,9,11-13,16-17,19,25H,2,4,8,10,14H2,(H,27,28)/b3-1-,12-11+/t16-,17-,19+/m1/s1. The van der Waals surface area contributed by atoms with Crippen molar-refractivity contribution in [2.75, 3.05) is 0 Å². The molecule has 0 aliphatic heterocycles. The van der Waals surface area contributed by atoms with Crippen LogP contribution in [0.2, 0.25) is 0 Å². The molecule has 3 atom stereocenters. The fourth-order valence-electron chi connectivity index (χ4n) is 3.64. The second kappa shape index (κ2) is 9.76. The number of hydrogen-bond acceptors (Lipinski definition) is 5. The highest BCUT2D eigenvalue weighted by Gasteiger charge is 2.39. The maximum absolute atomic E-state index is 12.5. The molecule has 1 heterocycles. The first kappa shape index (κ1) is 21.1. The van der Waals surface area contributed by atoms with Crippen LogP contribution in [0.4, 0.5) is 0 Å². The Morgan fingerprint density at radius 3 is 2.76 bits per heavy atom. The molecule has 152 valence electrons. The topological polar surface area (TPSA) is 91.7 Å². The molecule has 1 aromatic carbocycles. The van der Waals surface area contributed by atoms with Gasteiger partial charge >= 0.3 is 5.97 Å². The van der Waals surface area contributed by atoms with Crippen LogP contribution in [0, 0.1) is 11.8 Å². The molecule has 5 nitrogen and oxygen atoms in total. The zero-order valence-electron chi connectivity index (χ0n) is 16.0. The second-order valence-corrected chi connectivity index (χ2v) is 8.38. The molecule has 0 spiro atoms. The Morgan fingerprint density at radius 1 is 1.21 bits per heavy atom. The lowest BCUT2D eigenvalue weighted by Crippen LogP contribution is -2.18. The Kier molecular flexibility index (Phi) is 7.12. The van der Waals surface area contributed by atoms with Crippen LogP contribution in [0.1, 0.15) is 41.8 Å². The number of allylic oxidation sites excluding steroid dienone is 4. The van der Waals surface area contributed by atoms with Gasteiger partial charge in [-0.2, -0.15) is 0 Å². The Morgan fingerprint density at radius 2 is 2.00 bits per heavy atom. The Hall–Kier alpha value is -2.57. The summed E-state index contributed by atoms with van der Waals surface area (Å²) in [4.78, 5) is 36.0. The van der Waals surface area contributed by atoms with E-state index in [9.17, 15) is 19.5 Å². The van der Waals surface area contributed by atoms with E-state index in [4.69, 9.17) is 5.11 Å². The normalized spacial score (nSPS) is 22.2. The highest BCUT2D eigenvalue weighted by atomic mass is 32.1. The number of rotatable bonds is 9. The summed E-state index contributed by atoms with van der Waals surface area (Å²) in [6, 6.07) is 9.65. The number of hydrogen-bond donors (Lipinski definition) is 2. The third-order valence-corrected chi connectivity index (χ3v) is 6.33. The molecule has 2 N–H and O–H groups in total. The number of Topliss-reactive ketones (excluding diaryl/α,β-unsaturated/α-hetero) is 1. The molecule has 2 aromatic rings. The van der Waals surface area contributed by atoms with Crippen molar-refractivity contribution in [2.45, 2.75) is 38.2 Å². The summed E-state index contributed by atoms with van der Waals surface area (Å²) in [7, 11) is 0. The van der Waals surface area contributed by atoms with E-state index < -0.39 is 18.0 Å². The van der Waals surface area contributed by atoms with Crippen molar-refractivity contribution in [3.8, 4) is 0 Å². The van der Waals surface area contributed by atoms with E-state index in [0.29, 0.717) is 24.1 Å². The number of thiophene rings is 1. The molecular weight excluding hydrogens is 388 g/mol. The molecule has 0 unspecified atom stereocenters. The van der Waals surface area contributed by atoms with Crippen LogP contribution in [0.25, 0.3) is 10.1 Å². The first-order valence-corrected chi connectivity index (χ1v) is 10.6. The van der Waals surface area contributed by atoms with Gasteiger partial charge in [-0.05, 0) is 42.9 Å². The van der Waals surface area contributed by atoms with E-state index >= 15 is 0 Å². The van der Waals surface area contributed by atoms with Gasteiger partial charge in [-0.25, -0.2) is 0 Å². The fourth-order valence-corrected chi connectivity index (χ4v) is 4.63. The lowest BCUT2D eigenvalue weighted by Gasteiger charge is -2.16. The van der Waals surface area contributed by atoms with Gasteiger partial charge < -0.3 is 10.2 Å². The molecule has 0 amide bonds. The van der Waals surface area contributed by atoms with E-state index in [1.807, 2.05) is 42.5 Å². The summed E-state index contributed by atoms with van der Waals surface area (Å²) in [6.07, 6.45) is 8.10. The summed E-state index contributed by atoms with van der Waals surface area (Å²) >= 11 is 1.43. The van der Waals surface area contributed by atoms with Crippen LogP contribution in [0.15, 0.2) is 54.6 Å². The van der Waals surface area contributed by atoms with E-state index in [0.717, 1.165) is 10.1 Å². The van der Waals surface area contributed by atoms with Crippen molar-refractivity contribution in [2.24, 2.45) is 11.8 Å². The first-order valence-electron chi connectivity index (χ1n) is 9.74. The van der Waals surface area contributed by atoms with Crippen molar-refractivity contribution in [1.82, 2.24) is 0 Å². The number of carboxylic acid groups (broad SMARTS) is 1. The number of unbranched alkanes of at least 4 members (excludes halogenated alkanes) is 1. The van der Waals surface area contributed by atoms with E-state index in [-0.39, 0.29) is 30.3 Å². The van der Waals surface area contributed by atoms with Gasteiger partial charge in [-0.3, -0.25) is 14.4 Å². The minimum absolute atomic E-state index is 0.0535. The molecule has 29 heavy (non-hydrogen) atoms. The lowest BCUT2D eigenvalue weighted by molar-refractivity contribution is -0.137. The fraction of sp³-hybridized carbons (Fsp3) is 0.348. The maximum atomic E-state index is 12.5. The summed E-state index contributed by atoms with van der Waals surface area (Å²) in [5, 5.41) is 19.9. The molecule has 0 bridgehead atoms. The second-order valence-electron chi connectivity index (χ2n) is 7.29. The summed E-state index contributed by atoms with van der Waals surface area (Å²) in [5.41, 5.74) is 0. The van der Waals surface area contributed by atoms with Gasteiger partial charge in [0.25, 0.3) is 0 Å². The summed E-state index contributed by atoms with van der Waals surface area (Å²) in [5.74, 6) is -1.74. The average molecular weight is 413 g/mol. The molecule has 6 heteroatoms. The van der Waals surface area contributed by atoms with Gasteiger partial charge in [-0.15, -0.1) is 11.3 Å². The van der Waals surface area contributed by atoms with Crippen LogP contribution in [0.5, 0.6) is 0 Å². The molecule has 1 aliphatic rings. The zero-order chi connectivity index (χ0) is 20.8. The quantitative estimate of drug-likeness (QED) is 0.276. The van der Waals surface area contributed by atoms with Crippen LogP contribution in [-0.2, 0) is 9.59 Å². The number of carbonyl (C=O) groups is 3. The van der Waals surface area contributed by atoms with E-state index in [2.05, 4.69) is 0 Å². The van der Waals surface area contributed by atoms with Gasteiger partial charge in [0.15, 0.2) is 5.78 Å². The Bertz CT molecular complexity index is 922. The average Bonchev–Trinajstić information content (AvgIpc) is 3.23. The molecular formula is C23H24O5S. The van der Waals surface area contributed by atoms with Crippen molar-refractivity contribution in [3.05, 3.63) is 59.5 Å². The molecule has 1 fully saturated rings. The molecule has 0 saturated heterocycles. The largest absolute Gasteiger partial charge is 0.481 e. The molecule has 3 rings (SSSR count). The van der Waals surface area contributed by atoms with Crippen molar-refractivity contribution in [3.63, 3.8) is 0 Å². The lowest BCUT2D eigenvalue weighted by atomic mass is 9.90. The van der Waals surface area contributed by atoms with Gasteiger partial charge in [-0.1, -0.05) is 36.4 Å². The van der Waals surface area contributed by atoms with Gasteiger partial charge in [0.05, 0.1) is 11.0 Å². The number of carboxylic acids is 1. The van der Waals surface area contributed by atoms with Crippen LogP contribution in [0.3, 0.4) is 0 Å². The summed E-state index contributed by atoms with van der Waals surface area (Å²) < 4.78 is 1.04. The SMILES string of the molecule is O=C(O)CCC/C=C\C[C@H]1[C@@H](O)CC(=O)[C@@H]1/C=C/C(=O)c1cc2ccccc2s1. The van der Waals surface area contributed by atoms with Crippen LogP contribution in [-0.4, -0.2) is 33.9 Å². The smallest absolute Gasteiger partial charge is 0.303 e. The predicted octanol–water partition coefficient (Wildman–Crippen LogP) is 4.41. The Balaban J connectivity index is 1.62. The maximum Gasteiger partial charge on any atom is 0.303 e. The monoisotopic (exact) mass is 412 g/mol.